The Balaban J connectivity index is -0.00000160. The molecule has 1 heterocycles. The van der Waals surface area contributed by atoms with Crippen LogP contribution in [-0.4, -0.2) is 27.9 Å². The zero-order valence-electron chi connectivity index (χ0n) is 18.0. The maximum absolute atomic E-state index is 12.4. The molecule has 4 rings (SSSR count). The number of hydrogen-bond donors (Lipinski definition) is 0. The number of carbonyl (C=O) groups excluding carboxylic acids is 1. The van der Waals surface area contributed by atoms with E-state index in [1.807, 2.05) is 0 Å². The van der Waals surface area contributed by atoms with Crippen LogP contribution >= 0.6 is 31.9 Å². The molecule has 9 nitrogen and oxygen atoms in total. The number of carboxylic acids is 1. The number of hydrogen-bond acceptors (Lipinski definition) is 5. The minimum atomic E-state index is -1.31. The second kappa shape index (κ2) is 15.4. The third-order valence-corrected chi connectivity index (χ3v) is 8.19. The summed E-state index contributed by atoms with van der Waals surface area (Å²) in [6.07, 6.45) is 0. The van der Waals surface area contributed by atoms with Crippen LogP contribution in [0.5, 0.6) is 5.75 Å². The molecule has 1 aliphatic heterocycles. The smallest absolute Gasteiger partial charge is 1.00 e. The third kappa shape index (κ3) is 6.91. The molecule has 0 bridgehead atoms. The van der Waals surface area contributed by atoms with Crippen LogP contribution in [0.25, 0.3) is 33.4 Å². The Hall–Kier alpha value is 0.135. The Morgan fingerprint density at radius 2 is 1.50 bits per heavy atom. The number of rotatable bonds is 2. The van der Waals surface area contributed by atoms with Crippen LogP contribution in [0.1, 0.15) is 10.4 Å². The van der Waals surface area contributed by atoms with Crippen molar-refractivity contribution in [3.05, 3.63) is 67.2 Å². The zero-order valence-corrected chi connectivity index (χ0v) is 30.7. The molecule has 0 amide bonds. The van der Waals surface area contributed by atoms with Crippen molar-refractivity contribution in [3.63, 3.8) is 0 Å². The van der Waals surface area contributed by atoms with Crippen LogP contribution in [0.4, 0.5) is 0 Å². The molecule has 167 valence electrons. The first-order valence-electron chi connectivity index (χ1n) is 8.02. The maximum atomic E-state index is 12.4. The van der Waals surface area contributed by atoms with Gasteiger partial charge in [0.1, 0.15) is 0 Å². The molecule has 2 aromatic carbocycles. The Bertz CT molecular complexity index is 1330. The fraction of sp³-hybridized carbons (Fsp3) is 0. The maximum Gasteiger partial charge on any atom is 1.00 e. The molecule has 0 saturated heterocycles. The number of benzene rings is 3. The minimum Gasteiger partial charge on any atom is 1.00 e. The van der Waals surface area contributed by atoms with E-state index in [-0.39, 0.29) is 130 Å². The molecule has 34 heavy (non-hydrogen) atoms. The first-order chi connectivity index (χ1) is 13.3. The monoisotopic (exact) mass is 805 g/mol. The van der Waals surface area contributed by atoms with Crippen molar-refractivity contribution in [2.24, 2.45) is 0 Å². The second-order valence-corrected chi connectivity index (χ2v) is 10.6. The fourth-order valence-electron chi connectivity index (χ4n) is 3.21. The van der Waals surface area contributed by atoms with Crippen LogP contribution in [0.3, 0.4) is 0 Å². The largest absolute Gasteiger partial charge is 1.00 e. The molecule has 2 aliphatic rings. The van der Waals surface area contributed by atoms with Crippen LogP contribution in [0.15, 0.2) is 60.6 Å². The minimum absolute atomic E-state index is 0. The van der Waals surface area contributed by atoms with E-state index in [4.69, 9.17) is 4.42 Å². The molecule has 0 radical (unpaired) electrons. The van der Waals surface area contributed by atoms with Crippen molar-refractivity contribution in [1.82, 2.24) is 0 Å². The molecule has 0 aromatic heterocycles. The average Bonchev–Trinajstić information content (AvgIpc) is 2.66. The van der Waals surface area contributed by atoms with Gasteiger partial charge in [0.25, 0.3) is 0 Å². The first-order valence-corrected chi connectivity index (χ1v) is 12.4. The van der Waals surface area contributed by atoms with Gasteiger partial charge in [-0.2, -0.15) is 0 Å². The summed E-state index contributed by atoms with van der Waals surface area (Å²) in [6.45, 7) is 0. The van der Waals surface area contributed by atoms with Crippen LogP contribution < -0.4 is 77.8 Å². The second-order valence-electron chi connectivity index (χ2n) is 6.13. The molecule has 0 spiro atoms. The Kier molecular flexibility index (Phi) is 17.5. The van der Waals surface area contributed by atoms with Crippen molar-refractivity contribution >= 4 is 51.9 Å². The van der Waals surface area contributed by atoms with E-state index < -0.39 is 5.97 Å². The van der Waals surface area contributed by atoms with Gasteiger partial charge < -0.3 is 21.9 Å². The van der Waals surface area contributed by atoms with Gasteiger partial charge >= 0.3 is 252 Å². The summed E-state index contributed by atoms with van der Waals surface area (Å²) in [5.41, 5.74) is 1.69. The van der Waals surface area contributed by atoms with Crippen molar-refractivity contribution in [3.8, 4) is 28.2 Å². The molecule has 0 fully saturated rings. The van der Waals surface area contributed by atoms with E-state index in [0.29, 0.717) is 39.7 Å². The van der Waals surface area contributed by atoms with E-state index >= 15 is 0 Å². The van der Waals surface area contributed by atoms with Gasteiger partial charge in [0.05, 0.1) is 0 Å². The number of carboxylic acid groups (broad SMARTS) is 1. The predicted octanol–water partition coefficient (Wildman–Crippen LogP) is -6.59. The van der Waals surface area contributed by atoms with Crippen molar-refractivity contribution in [1.29, 1.82) is 0 Å². The van der Waals surface area contributed by atoms with E-state index in [0.717, 1.165) is 0 Å². The number of fused-ring (bicyclic) bond motifs is 2. The van der Waals surface area contributed by atoms with Gasteiger partial charge in [0.15, 0.2) is 0 Å². The van der Waals surface area contributed by atoms with Gasteiger partial charge in [-0.1, -0.05) is 0 Å². The molecular formula is C20H15Br2HgNa2O9. The first kappa shape index (κ1) is 38.7. The summed E-state index contributed by atoms with van der Waals surface area (Å²) in [6, 6.07) is 11.1. The average molecular weight is 806 g/mol. The van der Waals surface area contributed by atoms with Crippen molar-refractivity contribution in [2.75, 3.05) is 0 Å². The number of aromatic carboxylic acids is 1. The Labute approximate surface area is 270 Å². The summed E-state index contributed by atoms with van der Waals surface area (Å²) < 4.78 is 7.22. The normalized spacial score (nSPS) is 9.29. The summed E-state index contributed by atoms with van der Waals surface area (Å²) in [5, 5.41) is 24.8. The number of halogens is 2. The topological polar surface area (TPSA) is 219 Å². The number of carbonyl (C=O) groups is 1. The van der Waals surface area contributed by atoms with Crippen LogP contribution in [0.2, 0.25) is 0 Å². The predicted molar refractivity (Wildman–Crippen MR) is 118 cm³/mol. The summed E-state index contributed by atoms with van der Waals surface area (Å²) in [7, 11) is 0. The standard InChI is InChI=1S/C20H9Br2O5.Hg.2Na.4H2O/c21-13-5-11-17(7-15(13)23)27-18-8-16(24)14(22)6-12(18)19(11)9-3-1-2-4-10(9)20(25)26;;;;;;;/h1-7,24H,(H,25,26);;;;4*1H2/q;;2*+1;;;;/p-2. The van der Waals surface area contributed by atoms with E-state index in [9.17, 15) is 19.8 Å². The molecule has 0 unspecified atom stereocenters. The van der Waals surface area contributed by atoms with E-state index in [1.165, 1.54) is 12.1 Å². The molecule has 2 aromatic rings. The van der Waals surface area contributed by atoms with E-state index in [2.05, 4.69) is 31.9 Å². The molecule has 8 N–H and O–H groups in total. The van der Waals surface area contributed by atoms with Gasteiger partial charge in [-0.15, -0.1) is 0 Å². The Morgan fingerprint density at radius 1 is 0.912 bits per heavy atom. The van der Waals surface area contributed by atoms with Crippen LogP contribution in [0, 0.1) is 0 Å². The van der Waals surface area contributed by atoms with Gasteiger partial charge in [-0.05, 0) is 0 Å². The summed E-state index contributed by atoms with van der Waals surface area (Å²) in [5.74, 6) is -1.18. The zero-order chi connectivity index (χ0) is 20.2. The summed E-state index contributed by atoms with van der Waals surface area (Å²) in [4.78, 5) is 23.9. The molecule has 0 atom stereocenters. The molecular weight excluding hydrogens is 791 g/mol. The van der Waals surface area contributed by atoms with Crippen LogP contribution in [-0.2, 0) is 26.1 Å². The van der Waals surface area contributed by atoms with E-state index in [1.54, 1.807) is 30.3 Å². The fourth-order valence-corrected chi connectivity index (χ4v) is 6.79. The molecule has 0 saturated carbocycles. The van der Waals surface area contributed by atoms with Gasteiger partial charge in [-0.25, -0.2) is 0 Å². The van der Waals surface area contributed by atoms with Crippen molar-refractivity contribution < 1.29 is 127 Å². The Morgan fingerprint density at radius 3 is 2.09 bits per heavy atom. The molecule has 14 heteroatoms. The summed E-state index contributed by atoms with van der Waals surface area (Å²) >= 11 is 6.47. The quantitative estimate of drug-likeness (QED) is 0.142. The van der Waals surface area contributed by atoms with Gasteiger partial charge in [0, 0.05) is 0 Å². The third-order valence-electron chi connectivity index (χ3n) is 4.48. The van der Waals surface area contributed by atoms with Gasteiger partial charge in [0.2, 0.25) is 0 Å². The SMILES string of the molecule is O.O.O.O.O=C([O-])c1ccccc1-c1c2cc(Br)c(=O)cc-2oc2[c]([Hg])c([O-])c(Br)cc12.[Na+].[Na+]. The van der Waals surface area contributed by atoms with Crippen molar-refractivity contribution in [2.45, 2.75) is 0 Å². The molecule has 1 aliphatic carbocycles. The van der Waals surface area contributed by atoms with Gasteiger partial charge in [-0.3, -0.25) is 0 Å².